The maximum atomic E-state index is 12.0. The van der Waals surface area contributed by atoms with Crippen molar-refractivity contribution in [3.05, 3.63) is 88.9 Å². The molecule has 0 spiro atoms. The lowest BCUT2D eigenvalue weighted by Gasteiger charge is -2.08. The second kappa shape index (κ2) is 13.3. The fourth-order valence-electron chi connectivity index (χ4n) is 2.72. The first kappa shape index (κ1) is 25.1. The highest BCUT2D eigenvalue weighted by molar-refractivity contribution is 7.99. The highest BCUT2D eigenvalue weighted by Gasteiger charge is 2.05. The molecule has 176 valence electrons. The SMILES string of the molecule is COc1ccc(NC(=O)COc2ccc(/C=N\NC(=O)CSCc3ccc(Cl)cc3)cc2)cc1. The van der Waals surface area contributed by atoms with E-state index in [9.17, 15) is 9.59 Å². The van der Waals surface area contributed by atoms with E-state index in [0.717, 1.165) is 11.1 Å². The van der Waals surface area contributed by atoms with Crippen LogP contribution in [0.15, 0.2) is 77.9 Å². The summed E-state index contributed by atoms with van der Waals surface area (Å²) in [5.41, 5.74) is 5.05. The van der Waals surface area contributed by atoms with Crippen LogP contribution in [0.2, 0.25) is 5.02 Å². The summed E-state index contributed by atoms with van der Waals surface area (Å²) in [4.78, 5) is 24.0. The molecule has 3 aromatic rings. The molecule has 0 atom stereocenters. The van der Waals surface area contributed by atoms with E-state index in [4.69, 9.17) is 21.1 Å². The van der Waals surface area contributed by atoms with Crippen molar-refractivity contribution in [2.45, 2.75) is 5.75 Å². The molecule has 2 amide bonds. The fourth-order valence-corrected chi connectivity index (χ4v) is 3.63. The third-order valence-corrected chi connectivity index (χ3v) is 5.70. The summed E-state index contributed by atoms with van der Waals surface area (Å²) in [6.07, 6.45) is 1.54. The molecular formula is C25H24ClN3O4S. The second-order valence-electron chi connectivity index (χ2n) is 7.05. The van der Waals surface area contributed by atoms with Crippen LogP contribution in [-0.4, -0.2) is 37.5 Å². The lowest BCUT2D eigenvalue weighted by atomic mass is 10.2. The first-order valence-corrected chi connectivity index (χ1v) is 11.9. The average molecular weight is 498 g/mol. The van der Waals surface area contributed by atoms with Crippen molar-refractivity contribution in [1.29, 1.82) is 0 Å². The van der Waals surface area contributed by atoms with Crippen molar-refractivity contribution in [3.63, 3.8) is 0 Å². The van der Waals surface area contributed by atoms with Crippen LogP contribution >= 0.6 is 23.4 Å². The zero-order chi connectivity index (χ0) is 24.2. The molecule has 0 aliphatic heterocycles. The van der Waals surface area contributed by atoms with E-state index < -0.39 is 0 Å². The number of nitrogens with zero attached hydrogens (tertiary/aromatic N) is 1. The van der Waals surface area contributed by atoms with Gasteiger partial charge < -0.3 is 14.8 Å². The van der Waals surface area contributed by atoms with Crippen LogP contribution in [0.3, 0.4) is 0 Å². The van der Waals surface area contributed by atoms with Gasteiger partial charge in [-0.05, 0) is 71.8 Å². The van der Waals surface area contributed by atoms with Gasteiger partial charge in [-0.3, -0.25) is 9.59 Å². The number of rotatable bonds is 11. The summed E-state index contributed by atoms with van der Waals surface area (Å²) in [6.45, 7) is -0.122. The van der Waals surface area contributed by atoms with Crippen LogP contribution in [0, 0.1) is 0 Å². The normalized spacial score (nSPS) is 10.6. The average Bonchev–Trinajstić information content (AvgIpc) is 2.85. The Labute approximate surface area is 207 Å². The number of carbonyl (C=O) groups is 2. The van der Waals surface area contributed by atoms with Crippen molar-refractivity contribution >= 4 is 47.1 Å². The molecule has 0 bridgehead atoms. The van der Waals surface area contributed by atoms with Crippen molar-refractivity contribution < 1.29 is 19.1 Å². The summed E-state index contributed by atoms with van der Waals surface area (Å²) in [5.74, 6) is 1.82. The first-order valence-electron chi connectivity index (χ1n) is 10.3. The van der Waals surface area contributed by atoms with Crippen molar-refractivity contribution in [2.24, 2.45) is 5.10 Å². The number of hydrogen-bond donors (Lipinski definition) is 2. The van der Waals surface area contributed by atoms with Crippen LogP contribution in [0.1, 0.15) is 11.1 Å². The summed E-state index contributed by atoms with van der Waals surface area (Å²) >= 11 is 7.36. The van der Waals surface area contributed by atoms with Gasteiger partial charge in [-0.1, -0.05) is 23.7 Å². The molecule has 3 rings (SSSR count). The number of anilines is 1. The maximum Gasteiger partial charge on any atom is 0.262 e. The summed E-state index contributed by atoms with van der Waals surface area (Å²) in [5, 5.41) is 7.41. The van der Waals surface area contributed by atoms with Crippen LogP contribution in [0.25, 0.3) is 0 Å². The second-order valence-corrected chi connectivity index (χ2v) is 8.47. The molecule has 0 unspecified atom stereocenters. The number of nitrogens with one attached hydrogen (secondary N) is 2. The zero-order valence-electron chi connectivity index (χ0n) is 18.5. The van der Waals surface area contributed by atoms with E-state index in [0.29, 0.717) is 33.7 Å². The summed E-state index contributed by atoms with van der Waals surface area (Å²) in [7, 11) is 1.58. The summed E-state index contributed by atoms with van der Waals surface area (Å²) in [6, 6.07) is 21.6. The lowest BCUT2D eigenvalue weighted by molar-refractivity contribution is -0.119. The molecule has 0 fully saturated rings. The summed E-state index contributed by atoms with van der Waals surface area (Å²) < 4.78 is 10.6. The number of hydrazone groups is 1. The number of benzene rings is 3. The van der Waals surface area contributed by atoms with Gasteiger partial charge in [0.15, 0.2) is 6.61 Å². The van der Waals surface area contributed by atoms with Gasteiger partial charge >= 0.3 is 0 Å². The van der Waals surface area contributed by atoms with Crippen LogP contribution in [-0.2, 0) is 15.3 Å². The Bertz CT molecular complexity index is 1100. The van der Waals surface area contributed by atoms with Gasteiger partial charge in [0.05, 0.1) is 19.1 Å². The quantitative estimate of drug-likeness (QED) is 0.295. The maximum absolute atomic E-state index is 12.0. The van der Waals surface area contributed by atoms with E-state index in [-0.39, 0.29) is 18.4 Å². The van der Waals surface area contributed by atoms with E-state index in [1.807, 2.05) is 24.3 Å². The Hall–Kier alpha value is -3.49. The van der Waals surface area contributed by atoms with Crippen molar-refractivity contribution in [3.8, 4) is 11.5 Å². The van der Waals surface area contributed by atoms with E-state index in [1.54, 1.807) is 61.9 Å². The number of hydrogen-bond acceptors (Lipinski definition) is 6. The standard InChI is InChI=1S/C25H24ClN3O4S/c1-32-22-12-8-21(9-13-22)28-24(30)15-33-23-10-4-18(5-11-23)14-27-29-25(31)17-34-16-19-2-6-20(26)7-3-19/h2-14H,15-17H2,1H3,(H,28,30)(H,29,31)/b27-14-. The van der Waals surface area contributed by atoms with Gasteiger partial charge in [-0.25, -0.2) is 5.43 Å². The predicted octanol–water partition coefficient (Wildman–Crippen LogP) is 4.75. The molecule has 0 heterocycles. The van der Waals surface area contributed by atoms with Gasteiger partial charge in [-0.2, -0.15) is 5.10 Å². The fraction of sp³-hybridized carbons (Fsp3) is 0.160. The van der Waals surface area contributed by atoms with Crippen LogP contribution in [0.5, 0.6) is 11.5 Å². The molecule has 0 aliphatic rings. The van der Waals surface area contributed by atoms with E-state index in [2.05, 4.69) is 15.8 Å². The topological polar surface area (TPSA) is 89.0 Å². The molecule has 0 aromatic heterocycles. The minimum atomic E-state index is -0.271. The van der Waals surface area contributed by atoms with Gasteiger partial charge in [0.1, 0.15) is 11.5 Å². The molecule has 0 aliphatic carbocycles. The molecule has 34 heavy (non-hydrogen) atoms. The van der Waals surface area contributed by atoms with E-state index >= 15 is 0 Å². The first-order chi connectivity index (χ1) is 16.5. The number of carbonyl (C=O) groups excluding carboxylic acids is 2. The van der Waals surface area contributed by atoms with Gasteiger partial charge in [0.2, 0.25) is 5.91 Å². The Kier molecular flexibility index (Phi) is 9.81. The smallest absolute Gasteiger partial charge is 0.262 e. The molecule has 7 nitrogen and oxygen atoms in total. The molecule has 0 saturated carbocycles. The van der Waals surface area contributed by atoms with E-state index in [1.165, 1.54) is 11.8 Å². The Morgan fingerprint density at radius 1 is 0.941 bits per heavy atom. The lowest BCUT2D eigenvalue weighted by Crippen LogP contribution is -2.20. The molecule has 2 N–H and O–H groups in total. The molecule has 9 heteroatoms. The highest BCUT2D eigenvalue weighted by atomic mass is 35.5. The highest BCUT2D eigenvalue weighted by Crippen LogP contribution is 2.16. The zero-order valence-corrected chi connectivity index (χ0v) is 20.1. The Balaban J connectivity index is 1.35. The molecule has 0 saturated heterocycles. The third-order valence-electron chi connectivity index (χ3n) is 4.44. The number of amides is 2. The number of ether oxygens (including phenoxy) is 2. The molecule has 3 aromatic carbocycles. The minimum absolute atomic E-state index is 0.122. The monoisotopic (exact) mass is 497 g/mol. The largest absolute Gasteiger partial charge is 0.497 e. The van der Waals surface area contributed by atoms with Crippen molar-refractivity contribution in [2.75, 3.05) is 24.8 Å². The van der Waals surface area contributed by atoms with Gasteiger partial charge in [-0.15, -0.1) is 11.8 Å². The van der Waals surface area contributed by atoms with Gasteiger partial charge in [0, 0.05) is 16.5 Å². The molecular weight excluding hydrogens is 474 g/mol. The molecule has 0 radical (unpaired) electrons. The van der Waals surface area contributed by atoms with Crippen LogP contribution in [0.4, 0.5) is 5.69 Å². The minimum Gasteiger partial charge on any atom is -0.497 e. The Morgan fingerprint density at radius 2 is 1.62 bits per heavy atom. The number of thioether (sulfide) groups is 1. The number of halogens is 1. The van der Waals surface area contributed by atoms with Gasteiger partial charge in [0.25, 0.3) is 5.91 Å². The Morgan fingerprint density at radius 3 is 2.29 bits per heavy atom. The number of methoxy groups -OCH3 is 1. The predicted molar refractivity (Wildman–Crippen MR) is 137 cm³/mol. The van der Waals surface area contributed by atoms with Crippen molar-refractivity contribution in [1.82, 2.24) is 5.43 Å². The third kappa shape index (κ3) is 8.80. The van der Waals surface area contributed by atoms with Crippen LogP contribution < -0.4 is 20.2 Å².